The van der Waals surface area contributed by atoms with Crippen LogP contribution in [0.1, 0.15) is 49.2 Å². The molecule has 1 saturated carbocycles. The summed E-state index contributed by atoms with van der Waals surface area (Å²) in [6.45, 7) is 6.25. The zero-order valence-corrected chi connectivity index (χ0v) is 21.6. The summed E-state index contributed by atoms with van der Waals surface area (Å²) in [5.41, 5.74) is 2.44. The molecule has 1 amide bonds. The summed E-state index contributed by atoms with van der Waals surface area (Å²) in [7, 11) is 1.29. The summed E-state index contributed by atoms with van der Waals surface area (Å²) in [5, 5.41) is 12.2. The Kier molecular flexibility index (Phi) is 8.25. The van der Waals surface area contributed by atoms with Crippen LogP contribution in [0.5, 0.6) is 0 Å². The zero-order chi connectivity index (χ0) is 26.5. The summed E-state index contributed by atoms with van der Waals surface area (Å²) in [6, 6.07) is 7.50. The normalized spacial score (nSPS) is 15.8. The summed E-state index contributed by atoms with van der Waals surface area (Å²) in [4.78, 5) is 33.3. The SMILES string of the molecule is COC(=O)c1cc(N2CCN(C(=O)OCC(C)C)CC2)c(C(=N)C2CCC2)c(Nc2ccc(F)cc2)n1. The predicted molar refractivity (Wildman–Crippen MR) is 139 cm³/mol. The van der Waals surface area contributed by atoms with E-state index in [4.69, 9.17) is 14.9 Å². The highest BCUT2D eigenvalue weighted by Crippen LogP contribution is 2.37. The van der Waals surface area contributed by atoms with Crippen LogP contribution in [0.4, 0.5) is 26.4 Å². The fourth-order valence-electron chi connectivity index (χ4n) is 4.38. The van der Waals surface area contributed by atoms with Crippen molar-refractivity contribution < 1.29 is 23.5 Å². The van der Waals surface area contributed by atoms with E-state index in [0.717, 1.165) is 19.3 Å². The number of nitrogens with zero attached hydrogens (tertiary/aromatic N) is 3. The Morgan fingerprint density at radius 2 is 1.84 bits per heavy atom. The highest BCUT2D eigenvalue weighted by atomic mass is 19.1. The summed E-state index contributed by atoms with van der Waals surface area (Å²) in [5.74, 6) is -0.257. The topological polar surface area (TPSA) is 108 Å². The van der Waals surface area contributed by atoms with E-state index >= 15 is 0 Å². The Morgan fingerprint density at radius 3 is 2.41 bits per heavy atom. The number of aromatic nitrogens is 1. The van der Waals surface area contributed by atoms with Crippen molar-refractivity contribution in [2.45, 2.75) is 33.1 Å². The first-order valence-corrected chi connectivity index (χ1v) is 12.7. The lowest BCUT2D eigenvalue weighted by Gasteiger charge is -2.38. The quantitative estimate of drug-likeness (QED) is 0.386. The zero-order valence-electron chi connectivity index (χ0n) is 21.6. The number of anilines is 3. The minimum absolute atomic E-state index is 0.102. The van der Waals surface area contributed by atoms with E-state index < -0.39 is 5.97 Å². The number of esters is 1. The molecule has 0 bridgehead atoms. The van der Waals surface area contributed by atoms with Gasteiger partial charge in [-0.2, -0.15) is 0 Å². The molecule has 37 heavy (non-hydrogen) atoms. The molecule has 1 aromatic carbocycles. The highest BCUT2D eigenvalue weighted by Gasteiger charge is 2.32. The smallest absolute Gasteiger partial charge is 0.409 e. The third-order valence-electron chi connectivity index (χ3n) is 6.70. The lowest BCUT2D eigenvalue weighted by molar-refractivity contribution is 0.0594. The van der Waals surface area contributed by atoms with Crippen molar-refractivity contribution in [1.29, 1.82) is 5.41 Å². The maximum atomic E-state index is 13.5. The Bertz CT molecular complexity index is 1140. The van der Waals surface area contributed by atoms with Gasteiger partial charge in [0.15, 0.2) is 5.69 Å². The van der Waals surface area contributed by atoms with Crippen molar-refractivity contribution >= 4 is 35.0 Å². The van der Waals surface area contributed by atoms with Crippen molar-refractivity contribution in [3.05, 3.63) is 47.4 Å². The first-order valence-electron chi connectivity index (χ1n) is 12.7. The molecular weight excluding hydrogens is 477 g/mol. The van der Waals surface area contributed by atoms with Crippen LogP contribution in [0.15, 0.2) is 30.3 Å². The average Bonchev–Trinajstić information content (AvgIpc) is 2.86. The second-order valence-electron chi connectivity index (χ2n) is 9.86. The van der Waals surface area contributed by atoms with Crippen molar-refractivity contribution in [2.75, 3.05) is 50.1 Å². The van der Waals surface area contributed by atoms with Gasteiger partial charge in [0.25, 0.3) is 0 Å². The summed E-state index contributed by atoms with van der Waals surface area (Å²) >= 11 is 0. The van der Waals surface area contributed by atoms with Crippen LogP contribution >= 0.6 is 0 Å². The molecule has 1 saturated heterocycles. The fraction of sp³-hybridized carbons (Fsp3) is 0.481. The van der Waals surface area contributed by atoms with Gasteiger partial charge in [0.2, 0.25) is 0 Å². The molecule has 1 aliphatic heterocycles. The van der Waals surface area contributed by atoms with Gasteiger partial charge in [0, 0.05) is 43.5 Å². The van der Waals surface area contributed by atoms with Crippen LogP contribution in [0.3, 0.4) is 0 Å². The summed E-state index contributed by atoms with van der Waals surface area (Å²) in [6.07, 6.45) is 2.57. The van der Waals surface area contributed by atoms with Gasteiger partial charge in [-0.3, -0.25) is 0 Å². The van der Waals surface area contributed by atoms with Crippen molar-refractivity contribution in [3.63, 3.8) is 0 Å². The van der Waals surface area contributed by atoms with E-state index in [9.17, 15) is 14.0 Å². The molecule has 0 radical (unpaired) electrons. The first-order chi connectivity index (χ1) is 17.8. The number of carbonyl (C=O) groups is 2. The molecule has 0 unspecified atom stereocenters. The van der Waals surface area contributed by atoms with Crippen molar-refractivity contribution in [2.24, 2.45) is 11.8 Å². The number of pyridine rings is 1. The average molecular weight is 512 g/mol. The van der Waals surface area contributed by atoms with Gasteiger partial charge in [0.1, 0.15) is 11.6 Å². The van der Waals surface area contributed by atoms with Crippen LogP contribution < -0.4 is 10.2 Å². The third-order valence-corrected chi connectivity index (χ3v) is 6.70. The fourth-order valence-corrected chi connectivity index (χ4v) is 4.38. The van der Waals surface area contributed by atoms with E-state index in [0.29, 0.717) is 61.3 Å². The van der Waals surface area contributed by atoms with Gasteiger partial charge in [-0.25, -0.2) is 19.0 Å². The number of piperazine rings is 1. The standard InChI is InChI=1S/C27H34FN5O4/c1-17(2)16-37-27(35)33-13-11-32(12-14-33)22-15-21(26(34)36-3)31-25(23(22)24(29)18-5-4-6-18)30-20-9-7-19(28)8-10-20/h7-10,15,17-18,29H,4-6,11-14,16H2,1-3H3,(H,30,31). The molecule has 198 valence electrons. The van der Waals surface area contributed by atoms with Crippen LogP contribution in [-0.4, -0.2) is 67.6 Å². The van der Waals surface area contributed by atoms with Gasteiger partial charge < -0.3 is 30.0 Å². The lowest BCUT2D eigenvalue weighted by Crippen LogP contribution is -2.49. The van der Waals surface area contributed by atoms with E-state index in [1.54, 1.807) is 23.1 Å². The maximum absolute atomic E-state index is 13.5. The lowest BCUT2D eigenvalue weighted by atomic mass is 9.79. The maximum Gasteiger partial charge on any atom is 0.409 e. The number of halogens is 1. The number of benzene rings is 1. The Morgan fingerprint density at radius 1 is 1.16 bits per heavy atom. The molecule has 4 rings (SSSR count). The Balaban J connectivity index is 1.68. The molecule has 9 nitrogen and oxygen atoms in total. The van der Waals surface area contributed by atoms with Gasteiger partial charge in [-0.05, 0) is 49.1 Å². The van der Waals surface area contributed by atoms with E-state index in [1.807, 2.05) is 13.8 Å². The summed E-state index contributed by atoms with van der Waals surface area (Å²) < 4.78 is 23.8. The minimum atomic E-state index is -0.596. The van der Waals surface area contributed by atoms with Gasteiger partial charge in [0.05, 0.1) is 25.0 Å². The van der Waals surface area contributed by atoms with Crippen LogP contribution in [0.25, 0.3) is 0 Å². The third kappa shape index (κ3) is 6.18. The van der Waals surface area contributed by atoms with Gasteiger partial charge >= 0.3 is 12.1 Å². The molecule has 2 aromatic rings. The van der Waals surface area contributed by atoms with Crippen LogP contribution in [0, 0.1) is 23.1 Å². The van der Waals surface area contributed by atoms with Crippen molar-refractivity contribution in [1.82, 2.24) is 9.88 Å². The largest absolute Gasteiger partial charge is 0.464 e. The van der Waals surface area contributed by atoms with Gasteiger partial charge in [-0.15, -0.1) is 0 Å². The number of hydrogen-bond acceptors (Lipinski definition) is 8. The van der Waals surface area contributed by atoms with Crippen LogP contribution in [0.2, 0.25) is 0 Å². The molecule has 2 heterocycles. The van der Waals surface area contributed by atoms with Crippen LogP contribution in [-0.2, 0) is 9.47 Å². The highest BCUT2D eigenvalue weighted by molar-refractivity contribution is 6.10. The Labute approximate surface area is 216 Å². The molecule has 2 aliphatic rings. The number of nitrogens with one attached hydrogen (secondary N) is 2. The molecule has 10 heteroatoms. The molecule has 0 atom stereocenters. The first kappa shape index (κ1) is 26.4. The molecule has 0 spiro atoms. The number of rotatable bonds is 8. The van der Waals surface area contributed by atoms with E-state index in [2.05, 4.69) is 15.2 Å². The van der Waals surface area contributed by atoms with Crippen molar-refractivity contribution in [3.8, 4) is 0 Å². The molecule has 2 fully saturated rings. The molecule has 2 N–H and O–H groups in total. The number of methoxy groups -OCH3 is 1. The number of ether oxygens (including phenoxy) is 2. The van der Waals surface area contributed by atoms with E-state index in [1.165, 1.54) is 19.2 Å². The number of hydrogen-bond donors (Lipinski definition) is 2. The van der Waals surface area contributed by atoms with Gasteiger partial charge in [-0.1, -0.05) is 20.3 Å². The molecule has 1 aliphatic carbocycles. The second kappa shape index (κ2) is 11.6. The Hall–Kier alpha value is -3.69. The number of carbonyl (C=O) groups excluding carboxylic acids is 2. The monoisotopic (exact) mass is 511 g/mol. The van der Waals surface area contributed by atoms with E-state index in [-0.39, 0.29) is 29.4 Å². The predicted octanol–water partition coefficient (Wildman–Crippen LogP) is 4.83. The molecule has 1 aromatic heterocycles. The minimum Gasteiger partial charge on any atom is -0.464 e. The number of amides is 1. The molecular formula is C27H34FN5O4. The second-order valence-corrected chi connectivity index (χ2v) is 9.86.